The zero-order valence-electron chi connectivity index (χ0n) is 7.86. The molecule has 2 rings (SSSR count). The molecule has 0 aromatic heterocycles. The van der Waals surface area contributed by atoms with E-state index in [-0.39, 0.29) is 18.1 Å². The maximum Gasteiger partial charge on any atom is 0.323 e. The molecule has 0 aromatic carbocycles. The van der Waals surface area contributed by atoms with Crippen molar-refractivity contribution in [3.63, 3.8) is 0 Å². The molecule has 0 saturated carbocycles. The van der Waals surface area contributed by atoms with Crippen molar-refractivity contribution in [2.75, 3.05) is 26.3 Å². The van der Waals surface area contributed by atoms with Crippen molar-refractivity contribution in [2.24, 2.45) is 0 Å². The summed E-state index contributed by atoms with van der Waals surface area (Å²) in [6.45, 7) is 5.04. The van der Waals surface area contributed by atoms with Gasteiger partial charge in [-0.3, -0.25) is 9.69 Å². The Balaban J connectivity index is 1.95. The average Bonchev–Trinajstić information content (AvgIpc) is 2.51. The molecule has 0 aromatic rings. The van der Waals surface area contributed by atoms with Gasteiger partial charge in [0, 0.05) is 19.5 Å². The topological polar surface area (TPSA) is 38.8 Å². The molecule has 74 valence electrons. The first-order valence-corrected chi connectivity index (χ1v) is 4.79. The second-order valence-corrected chi connectivity index (χ2v) is 3.65. The number of carbonyl (C=O) groups excluding carboxylic acids is 1. The smallest absolute Gasteiger partial charge is 0.323 e. The summed E-state index contributed by atoms with van der Waals surface area (Å²) >= 11 is 0. The number of nitrogens with zero attached hydrogens (tertiary/aromatic N) is 1. The van der Waals surface area contributed by atoms with Gasteiger partial charge in [-0.05, 0) is 6.92 Å². The van der Waals surface area contributed by atoms with E-state index in [9.17, 15) is 4.79 Å². The fraction of sp³-hybridized carbons (Fsp3) is 0.889. The lowest BCUT2D eigenvalue weighted by molar-refractivity contribution is -0.144. The van der Waals surface area contributed by atoms with E-state index in [0.717, 1.165) is 26.1 Å². The van der Waals surface area contributed by atoms with E-state index in [1.54, 1.807) is 0 Å². The molecule has 2 fully saturated rings. The van der Waals surface area contributed by atoms with Crippen LogP contribution in [0.2, 0.25) is 0 Å². The van der Waals surface area contributed by atoms with Crippen LogP contribution in [0.25, 0.3) is 0 Å². The van der Waals surface area contributed by atoms with Crippen LogP contribution in [0.15, 0.2) is 0 Å². The van der Waals surface area contributed by atoms with Crippen molar-refractivity contribution >= 4 is 5.97 Å². The van der Waals surface area contributed by atoms with E-state index in [4.69, 9.17) is 9.47 Å². The Labute approximate surface area is 77.8 Å². The van der Waals surface area contributed by atoms with Crippen LogP contribution in [0.5, 0.6) is 0 Å². The Morgan fingerprint density at radius 3 is 2.92 bits per heavy atom. The molecule has 2 aliphatic rings. The standard InChI is InChI=1S/C9H15NO3/c1-7-6-10(3-5-12-7)8-2-4-13-9(8)11/h7-8H,2-6H2,1H3. The molecule has 2 aliphatic heterocycles. The first kappa shape index (κ1) is 8.97. The van der Waals surface area contributed by atoms with Crippen molar-refractivity contribution in [2.45, 2.75) is 25.5 Å². The summed E-state index contributed by atoms with van der Waals surface area (Å²) in [5, 5.41) is 0. The van der Waals surface area contributed by atoms with Crippen molar-refractivity contribution in [1.82, 2.24) is 4.90 Å². The summed E-state index contributed by atoms with van der Waals surface area (Å²) in [6, 6.07) is -0.00801. The Kier molecular flexibility index (Phi) is 2.51. The molecule has 0 spiro atoms. The summed E-state index contributed by atoms with van der Waals surface area (Å²) in [5.41, 5.74) is 0. The number of cyclic esters (lactones) is 1. The minimum absolute atomic E-state index is 0.00801. The lowest BCUT2D eigenvalue weighted by Crippen LogP contribution is -2.48. The quantitative estimate of drug-likeness (QED) is 0.540. The zero-order chi connectivity index (χ0) is 9.26. The van der Waals surface area contributed by atoms with Crippen molar-refractivity contribution in [3.8, 4) is 0 Å². The van der Waals surface area contributed by atoms with Crippen molar-refractivity contribution in [1.29, 1.82) is 0 Å². The van der Waals surface area contributed by atoms with E-state index in [1.807, 2.05) is 6.92 Å². The van der Waals surface area contributed by atoms with E-state index in [0.29, 0.717) is 6.61 Å². The van der Waals surface area contributed by atoms with Crippen LogP contribution in [-0.4, -0.2) is 49.3 Å². The first-order chi connectivity index (χ1) is 6.27. The van der Waals surface area contributed by atoms with Gasteiger partial charge in [-0.1, -0.05) is 0 Å². The zero-order valence-corrected chi connectivity index (χ0v) is 7.86. The first-order valence-electron chi connectivity index (χ1n) is 4.79. The highest BCUT2D eigenvalue weighted by atomic mass is 16.5. The SMILES string of the molecule is CC1CN(C2CCOC2=O)CCO1. The van der Waals surface area contributed by atoms with Gasteiger partial charge in [0.25, 0.3) is 0 Å². The molecule has 13 heavy (non-hydrogen) atoms. The highest BCUT2D eigenvalue weighted by molar-refractivity contribution is 5.77. The molecule has 4 nitrogen and oxygen atoms in total. The van der Waals surface area contributed by atoms with Gasteiger partial charge in [0.2, 0.25) is 0 Å². The number of carbonyl (C=O) groups is 1. The molecular formula is C9H15NO3. The number of morpholine rings is 1. The van der Waals surface area contributed by atoms with Crippen LogP contribution in [0, 0.1) is 0 Å². The van der Waals surface area contributed by atoms with Crippen LogP contribution in [-0.2, 0) is 14.3 Å². The minimum atomic E-state index is -0.0610. The summed E-state index contributed by atoms with van der Waals surface area (Å²) in [5.74, 6) is -0.0610. The van der Waals surface area contributed by atoms with E-state index < -0.39 is 0 Å². The molecular weight excluding hydrogens is 170 g/mol. The average molecular weight is 185 g/mol. The van der Waals surface area contributed by atoms with E-state index >= 15 is 0 Å². The predicted molar refractivity (Wildman–Crippen MR) is 46.4 cm³/mol. The van der Waals surface area contributed by atoms with E-state index in [2.05, 4.69) is 4.90 Å². The highest BCUT2D eigenvalue weighted by Crippen LogP contribution is 2.17. The Morgan fingerprint density at radius 1 is 1.46 bits per heavy atom. The Hall–Kier alpha value is -0.610. The third kappa shape index (κ3) is 1.84. The molecule has 2 saturated heterocycles. The lowest BCUT2D eigenvalue weighted by atomic mass is 10.2. The van der Waals surface area contributed by atoms with E-state index in [1.165, 1.54) is 0 Å². The molecule has 0 radical (unpaired) electrons. The Bertz CT molecular complexity index is 207. The van der Waals surface area contributed by atoms with Gasteiger partial charge >= 0.3 is 5.97 Å². The third-order valence-electron chi connectivity index (χ3n) is 2.62. The van der Waals surface area contributed by atoms with Crippen LogP contribution >= 0.6 is 0 Å². The second-order valence-electron chi connectivity index (χ2n) is 3.65. The molecule has 2 atom stereocenters. The lowest BCUT2D eigenvalue weighted by Gasteiger charge is -2.33. The van der Waals surface area contributed by atoms with Gasteiger partial charge in [0.15, 0.2) is 0 Å². The number of hydrogen-bond donors (Lipinski definition) is 0. The van der Waals surface area contributed by atoms with Crippen LogP contribution in [0.1, 0.15) is 13.3 Å². The fourth-order valence-electron chi connectivity index (χ4n) is 1.95. The van der Waals surface area contributed by atoms with Gasteiger partial charge < -0.3 is 9.47 Å². The maximum absolute atomic E-state index is 11.3. The largest absolute Gasteiger partial charge is 0.464 e. The molecule has 0 N–H and O–H groups in total. The minimum Gasteiger partial charge on any atom is -0.464 e. The van der Waals surface area contributed by atoms with Gasteiger partial charge in [-0.15, -0.1) is 0 Å². The summed E-state index contributed by atoms with van der Waals surface area (Å²) in [7, 11) is 0. The molecule has 0 aliphatic carbocycles. The molecule has 0 bridgehead atoms. The van der Waals surface area contributed by atoms with Gasteiger partial charge in [-0.2, -0.15) is 0 Å². The number of ether oxygens (including phenoxy) is 2. The van der Waals surface area contributed by atoms with Crippen molar-refractivity contribution in [3.05, 3.63) is 0 Å². The molecule has 2 heterocycles. The fourth-order valence-corrected chi connectivity index (χ4v) is 1.95. The van der Waals surface area contributed by atoms with Crippen LogP contribution < -0.4 is 0 Å². The van der Waals surface area contributed by atoms with Crippen LogP contribution in [0.3, 0.4) is 0 Å². The predicted octanol–water partition coefficient (Wildman–Crippen LogP) is 0.0226. The summed E-state index contributed by atoms with van der Waals surface area (Å²) in [6.07, 6.45) is 1.08. The van der Waals surface area contributed by atoms with Crippen molar-refractivity contribution < 1.29 is 14.3 Å². The summed E-state index contributed by atoms with van der Waals surface area (Å²) < 4.78 is 10.3. The second kappa shape index (κ2) is 3.64. The number of hydrogen-bond acceptors (Lipinski definition) is 4. The molecule has 4 heteroatoms. The highest BCUT2D eigenvalue weighted by Gasteiger charge is 2.34. The maximum atomic E-state index is 11.3. The number of esters is 1. The Morgan fingerprint density at radius 2 is 2.31 bits per heavy atom. The van der Waals surface area contributed by atoms with Gasteiger partial charge in [0.05, 0.1) is 19.3 Å². The summed E-state index contributed by atoms with van der Waals surface area (Å²) in [4.78, 5) is 13.4. The third-order valence-corrected chi connectivity index (χ3v) is 2.62. The van der Waals surface area contributed by atoms with Gasteiger partial charge in [0.1, 0.15) is 6.04 Å². The molecule has 2 unspecified atom stereocenters. The molecule has 0 amide bonds. The normalized spacial score (nSPS) is 36.2. The van der Waals surface area contributed by atoms with Crippen LogP contribution in [0.4, 0.5) is 0 Å². The number of rotatable bonds is 1. The monoisotopic (exact) mass is 185 g/mol. The van der Waals surface area contributed by atoms with Gasteiger partial charge in [-0.25, -0.2) is 0 Å².